The fraction of sp³-hybridized carbons (Fsp3) is 0.200. The summed E-state index contributed by atoms with van der Waals surface area (Å²) < 4.78 is 24.9. The van der Waals surface area contributed by atoms with Gasteiger partial charge in [-0.25, -0.2) is 4.39 Å². The average molecular weight is 376 g/mol. The van der Waals surface area contributed by atoms with E-state index in [4.69, 9.17) is 21.1 Å². The van der Waals surface area contributed by atoms with Gasteiger partial charge in [-0.3, -0.25) is 0 Å². The minimum atomic E-state index is -1.16. The van der Waals surface area contributed by atoms with E-state index in [1.165, 1.54) is 20.3 Å². The van der Waals surface area contributed by atoms with Gasteiger partial charge in [-0.05, 0) is 39.7 Å². The van der Waals surface area contributed by atoms with E-state index >= 15 is 0 Å². The Morgan fingerprint density at radius 2 is 1.81 bits per heavy atom. The Morgan fingerprint density at radius 1 is 1.14 bits per heavy atom. The zero-order valence-corrected chi connectivity index (χ0v) is 13.7. The predicted octanol–water partition coefficient (Wildman–Crippen LogP) is 4.34. The SMILES string of the molecule is COc1ccc(C(O)c2ccc(Br)c(Cl)c2F)cc1OC. The monoisotopic (exact) mass is 374 g/mol. The van der Waals surface area contributed by atoms with Crippen molar-refractivity contribution in [3.8, 4) is 11.5 Å². The third kappa shape index (κ3) is 3.15. The van der Waals surface area contributed by atoms with Crippen LogP contribution in [0.1, 0.15) is 17.2 Å². The molecule has 2 aromatic carbocycles. The van der Waals surface area contributed by atoms with Gasteiger partial charge in [-0.1, -0.05) is 23.7 Å². The van der Waals surface area contributed by atoms with Crippen molar-refractivity contribution in [1.82, 2.24) is 0 Å². The van der Waals surface area contributed by atoms with Crippen LogP contribution in [0.3, 0.4) is 0 Å². The number of hydrogen-bond acceptors (Lipinski definition) is 3. The standard InChI is InChI=1S/C15H13BrClFO3/c1-20-11-6-3-8(7-12(11)21-2)15(19)9-4-5-10(16)13(17)14(9)18/h3-7,15,19H,1-2H3. The molecule has 1 atom stereocenters. The van der Waals surface area contributed by atoms with E-state index < -0.39 is 11.9 Å². The molecule has 0 radical (unpaired) electrons. The molecule has 0 amide bonds. The zero-order valence-electron chi connectivity index (χ0n) is 11.4. The highest BCUT2D eigenvalue weighted by atomic mass is 79.9. The summed E-state index contributed by atoms with van der Waals surface area (Å²) in [6, 6.07) is 7.95. The van der Waals surface area contributed by atoms with Crippen molar-refractivity contribution in [3.63, 3.8) is 0 Å². The van der Waals surface area contributed by atoms with Crippen LogP contribution in [0.2, 0.25) is 5.02 Å². The Hall–Kier alpha value is -1.30. The second kappa shape index (κ2) is 6.64. The van der Waals surface area contributed by atoms with Gasteiger partial charge in [-0.2, -0.15) is 0 Å². The highest BCUT2D eigenvalue weighted by Crippen LogP contribution is 2.35. The highest BCUT2D eigenvalue weighted by Gasteiger charge is 2.20. The predicted molar refractivity (Wildman–Crippen MR) is 82.7 cm³/mol. The van der Waals surface area contributed by atoms with Gasteiger partial charge in [0.05, 0.1) is 19.2 Å². The molecule has 0 aromatic heterocycles. The lowest BCUT2D eigenvalue weighted by molar-refractivity contribution is 0.214. The summed E-state index contributed by atoms with van der Waals surface area (Å²) >= 11 is 8.98. The Balaban J connectivity index is 2.45. The average Bonchev–Trinajstić information content (AvgIpc) is 2.51. The van der Waals surface area contributed by atoms with Crippen LogP contribution in [0.15, 0.2) is 34.8 Å². The van der Waals surface area contributed by atoms with E-state index in [9.17, 15) is 9.50 Å². The lowest BCUT2D eigenvalue weighted by Crippen LogP contribution is -2.04. The van der Waals surface area contributed by atoms with Crippen molar-refractivity contribution in [2.75, 3.05) is 14.2 Å². The normalized spacial score (nSPS) is 12.1. The van der Waals surface area contributed by atoms with E-state index in [0.29, 0.717) is 21.5 Å². The number of aliphatic hydroxyl groups excluding tert-OH is 1. The van der Waals surface area contributed by atoms with Crippen LogP contribution in [0.5, 0.6) is 11.5 Å². The molecule has 0 saturated heterocycles. The van der Waals surface area contributed by atoms with Gasteiger partial charge in [-0.15, -0.1) is 0 Å². The summed E-state index contributed by atoms with van der Waals surface area (Å²) in [4.78, 5) is 0. The van der Waals surface area contributed by atoms with E-state index in [1.807, 2.05) is 0 Å². The highest BCUT2D eigenvalue weighted by molar-refractivity contribution is 9.10. The topological polar surface area (TPSA) is 38.7 Å². The van der Waals surface area contributed by atoms with Crippen LogP contribution in [0.25, 0.3) is 0 Å². The largest absolute Gasteiger partial charge is 0.493 e. The van der Waals surface area contributed by atoms with Crippen molar-refractivity contribution >= 4 is 27.5 Å². The fourth-order valence-corrected chi connectivity index (χ4v) is 2.43. The lowest BCUT2D eigenvalue weighted by Gasteiger charge is -2.16. The van der Waals surface area contributed by atoms with Gasteiger partial charge in [0.25, 0.3) is 0 Å². The van der Waals surface area contributed by atoms with Gasteiger partial charge in [0.15, 0.2) is 11.5 Å². The quantitative estimate of drug-likeness (QED) is 0.808. The smallest absolute Gasteiger partial charge is 0.161 e. The maximum absolute atomic E-state index is 14.1. The van der Waals surface area contributed by atoms with Gasteiger partial charge < -0.3 is 14.6 Å². The Kier molecular flexibility index (Phi) is 5.08. The van der Waals surface area contributed by atoms with Crippen molar-refractivity contribution in [3.05, 3.63) is 56.8 Å². The number of rotatable bonds is 4. The summed E-state index contributed by atoms with van der Waals surface area (Å²) in [5.41, 5.74) is 0.570. The van der Waals surface area contributed by atoms with E-state index in [-0.39, 0.29) is 10.6 Å². The minimum absolute atomic E-state index is 0.0629. The summed E-state index contributed by atoms with van der Waals surface area (Å²) in [7, 11) is 3.01. The van der Waals surface area contributed by atoms with Crippen LogP contribution in [0, 0.1) is 5.82 Å². The molecule has 0 aliphatic heterocycles. The van der Waals surface area contributed by atoms with Crippen LogP contribution < -0.4 is 9.47 Å². The first-order valence-corrected chi connectivity index (χ1v) is 7.20. The molecule has 6 heteroatoms. The molecule has 112 valence electrons. The first-order chi connectivity index (χ1) is 9.99. The van der Waals surface area contributed by atoms with Crippen molar-refractivity contribution in [2.45, 2.75) is 6.10 Å². The Labute approximate surface area is 135 Å². The Morgan fingerprint density at radius 3 is 2.43 bits per heavy atom. The maximum Gasteiger partial charge on any atom is 0.161 e. The number of hydrogen-bond donors (Lipinski definition) is 1. The molecule has 2 rings (SSSR count). The van der Waals surface area contributed by atoms with Crippen molar-refractivity contribution in [1.29, 1.82) is 0 Å². The molecule has 0 saturated carbocycles. The number of halogens is 3. The number of benzene rings is 2. The molecule has 0 spiro atoms. The Bertz CT molecular complexity index is 664. The van der Waals surface area contributed by atoms with Gasteiger partial charge >= 0.3 is 0 Å². The van der Waals surface area contributed by atoms with Gasteiger partial charge in [0, 0.05) is 10.0 Å². The maximum atomic E-state index is 14.1. The molecule has 3 nitrogen and oxygen atoms in total. The third-order valence-corrected chi connectivity index (χ3v) is 4.34. The van der Waals surface area contributed by atoms with Crippen molar-refractivity contribution in [2.24, 2.45) is 0 Å². The summed E-state index contributed by atoms with van der Waals surface area (Å²) in [5.74, 6) is 0.328. The van der Waals surface area contributed by atoms with Gasteiger partial charge in [0.2, 0.25) is 0 Å². The van der Waals surface area contributed by atoms with Crippen molar-refractivity contribution < 1.29 is 19.0 Å². The summed E-state index contributed by atoms with van der Waals surface area (Å²) in [5, 5.41) is 10.3. The molecule has 0 aliphatic rings. The number of aliphatic hydroxyl groups is 1. The molecule has 21 heavy (non-hydrogen) atoms. The second-order valence-corrected chi connectivity index (χ2v) is 5.51. The molecular weight excluding hydrogens is 363 g/mol. The molecule has 0 heterocycles. The van der Waals surface area contributed by atoms with E-state index in [1.54, 1.807) is 24.3 Å². The zero-order chi connectivity index (χ0) is 15.6. The van der Waals surface area contributed by atoms with Gasteiger partial charge in [0.1, 0.15) is 11.9 Å². The second-order valence-electron chi connectivity index (χ2n) is 4.28. The fourth-order valence-electron chi connectivity index (χ4n) is 1.95. The number of ether oxygens (including phenoxy) is 2. The molecule has 0 bridgehead atoms. The first-order valence-electron chi connectivity index (χ1n) is 6.03. The van der Waals surface area contributed by atoms with Crippen LogP contribution >= 0.6 is 27.5 Å². The minimum Gasteiger partial charge on any atom is -0.493 e. The molecule has 0 fully saturated rings. The number of methoxy groups -OCH3 is 2. The van der Waals surface area contributed by atoms with Crippen LogP contribution in [0.4, 0.5) is 4.39 Å². The molecule has 1 N–H and O–H groups in total. The third-order valence-electron chi connectivity index (χ3n) is 3.08. The van der Waals surface area contributed by atoms with E-state index in [0.717, 1.165) is 0 Å². The first kappa shape index (κ1) is 16.1. The summed E-state index contributed by atoms with van der Waals surface area (Å²) in [6.45, 7) is 0. The molecule has 0 aliphatic carbocycles. The molecule has 2 aromatic rings. The molecular formula is C15H13BrClFO3. The molecule has 1 unspecified atom stereocenters. The van der Waals surface area contributed by atoms with Crippen LogP contribution in [-0.4, -0.2) is 19.3 Å². The summed E-state index contributed by atoms with van der Waals surface area (Å²) in [6.07, 6.45) is -1.16. The van der Waals surface area contributed by atoms with E-state index in [2.05, 4.69) is 15.9 Å². The van der Waals surface area contributed by atoms with Crippen LogP contribution in [-0.2, 0) is 0 Å². The lowest BCUT2D eigenvalue weighted by atomic mass is 10.0.